The molecular weight excluding hydrogens is 443 g/mol. The van der Waals surface area contributed by atoms with Crippen LogP contribution in [0.15, 0.2) is 48.5 Å². The van der Waals surface area contributed by atoms with Crippen LogP contribution in [0.4, 0.5) is 9.18 Å². The fourth-order valence-corrected chi connectivity index (χ4v) is 4.16. The Morgan fingerprint density at radius 1 is 1.24 bits per heavy atom. The maximum absolute atomic E-state index is 13.8. The van der Waals surface area contributed by atoms with E-state index in [1.54, 1.807) is 4.90 Å². The number of nitrogens with two attached hydrogens (primary N) is 1. The number of rotatable bonds is 3. The smallest absolute Gasteiger partial charge is 0.408 e. The van der Waals surface area contributed by atoms with Gasteiger partial charge in [0.2, 0.25) is 5.91 Å². The minimum atomic E-state index is -0.942. The maximum atomic E-state index is 13.8. The van der Waals surface area contributed by atoms with E-state index in [1.807, 2.05) is 30.3 Å². The Morgan fingerprint density at radius 2 is 2.03 bits per heavy atom. The topological polar surface area (TPSA) is 123 Å². The molecule has 0 radical (unpaired) electrons. The van der Waals surface area contributed by atoms with Crippen LogP contribution >= 0.6 is 0 Å². The molecule has 2 aromatic carbocycles. The number of carbonyl (C=O) groups is 3. The summed E-state index contributed by atoms with van der Waals surface area (Å²) in [6.07, 6.45) is -0.126. The summed E-state index contributed by atoms with van der Waals surface area (Å²) < 4.78 is 24.9. The van der Waals surface area contributed by atoms with Crippen LogP contribution in [-0.4, -0.2) is 60.6 Å². The van der Waals surface area contributed by atoms with E-state index in [2.05, 4.69) is 10.6 Å². The van der Waals surface area contributed by atoms with E-state index >= 15 is 0 Å². The first-order chi connectivity index (χ1) is 16.4. The number of alkyl carbamates (subject to hydrolysis) is 1. The Kier molecular flexibility index (Phi) is 7.27. The first-order valence-electron chi connectivity index (χ1n) is 11.1. The van der Waals surface area contributed by atoms with Gasteiger partial charge in [0.15, 0.2) is 0 Å². The van der Waals surface area contributed by atoms with Crippen LogP contribution in [0, 0.1) is 5.82 Å². The molecule has 2 heterocycles. The van der Waals surface area contributed by atoms with Gasteiger partial charge in [0.25, 0.3) is 5.91 Å². The SMILES string of the molecule is N[C@H]1C[C@H]2COc3ccc(F)cc3C(=O)NCC[C@H](NC(=O)OCc3ccccc3)C(=O)N2C1. The zero-order chi connectivity index (χ0) is 24.1. The number of nitrogens with zero attached hydrogens (tertiary/aromatic N) is 1. The predicted octanol–water partition coefficient (Wildman–Crippen LogP) is 1.56. The quantitative estimate of drug-likeness (QED) is 0.626. The lowest BCUT2D eigenvalue weighted by atomic mass is 10.1. The molecule has 180 valence electrons. The van der Waals surface area contributed by atoms with Crippen molar-refractivity contribution in [3.63, 3.8) is 0 Å². The summed E-state index contributed by atoms with van der Waals surface area (Å²) in [5.74, 6) is -1.20. The van der Waals surface area contributed by atoms with Crippen molar-refractivity contribution in [2.45, 2.75) is 37.6 Å². The highest BCUT2D eigenvalue weighted by atomic mass is 19.1. The Balaban J connectivity index is 1.50. The third kappa shape index (κ3) is 5.63. The first kappa shape index (κ1) is 23.5. The fourth-order valence-electron chi connectivity index (χ4n) is 4.16. The largest absolute Gasteiger partial charge is 0.491 e. The van der Waals surface area contributed by atoms with E-state index in [4.69, 9.17) is 15.2 Å². The van der Waals surface area contributed by atoms with Gasteiger partial charge >= 0.3 is 6.09 Å². The molecule has 4 N–H and O–H groups in total. The lowest BCUT2D eigenvalue weighted by Crippen LogP contribution is -2.52. The molecule has 1 fully saturated rings. The highest BCUT2D eigenvalue weighted by molar-refractivity contribution is 5.97. The van der Waals surface area contributed by atoms with Crippen LogP contribution in [0.3, 0.4) is 0 Å². The lowest BCUT2D eigenvalue weighted by molar-refractivity contribution is -0.135. The van der Waals surface area contributed by atoms with Gasteiger partial charge in [-0.15, -0.1) is 0 Å². The monoisotopic (exact) mass is 470 g/mol. The number of halogens is 1. The van der Waals surface area contributed by atoms with Crippen LogP contribution in [-0.2, 0) is 16.1 Å². The van der Waals surface area contributed by atoms with Crippen LogP contribution in [0.2, 0.25) is 0 Å². The molecule has 0 aromatic heterocycles. The third-order valence-corrected chi connectivity index (χ3v) is 5.87. The number of carbonyl (C=O) groups excluding carboxylic acids is 3. The summed E-state index contributed by atoms with van der Waals surface area (Å²) in [7, 11) is 0. The van der Waals surface area contributed by atoms with E-state index in [1.165, 1.54) is 12.1 Å². The van der Waals surface area contributed by atoms with Crippen molar-refractivity contribution in [2.75, 3.05) is 19.7 Å². The molecule has 2 aromatic rings. The maximum Gasteiger partial charge on any atom is 0.408 e. The molecule has 0 bridgehead atoms. The molecule has 0 unspecified atom stereocenters. The van der Waals surface area contributed by atoms with E-state index in [9.17, 15) is 18.8 Å². The molecule has 0 aliphatic carbocycles. The average Bonchev–Trinajstić information content (AvgIpc) is 3.21. The Labute approximate surface area is 196 Å². The minimum absolute atomic E-state index is 0.0533. The molecular formula is C24H27FN4O5. The van der Waals surface area contributed by atoms with Gasteiger partial charge in [-0.1, -0.05) is 30.3 Å². The first-order valence-corrected chi connectivity index (χ1v) is 11.1. The molecule has 2 aliphatic heterocycles. The molecule has 3 atom stereocenters. The number of hydrogen-bond acceptors (Lipinski definition) is 6. The molecule has 10 heteroatoms. The van der Waals surface area contributed by atoms with E-state index < -0.39 is 23.9 Å². The van der Waals surface area contributed by atoms with E-state index in [0.29, 0.717) is 13.0 Å². The van der Waals surface area contributed by atoms with Crippen LogP contribution in [0.5, 0.6) is 5.75 Å². The van der Waals surface area contributed by atoms with Gasteiger partial charge in [-0.3, -0.25) is 9.59 Å². The Hall–Kier alpha value is -3.66. The number of fused-ring (bicyclic) bond motifs is 2. The zero-order valence-electron chi connectivity index (χ0n) is 18.5. The van der Waals surface area contributed by atoms with Gasteiger partial charge in [-0.05, 0) is 36.6 Å². The highest BCUT2D eigenvalue weighted by Gasteiger charge is 2.38. The molecule has 9 nitrogen and oxygen atoms in total. The standard InChI is InChI=1S/C24H27FN4O5/c25-16-6-7-21-19(10-16)22(30)27-9-8-20(23(31)29-12-17(26)11-18(29)14-33-21)28-24(32)34-13-15-4-2-1-3-5-15/h1-7,10,17-18,20H,8-9,11-14,26H2,(H,27,30)(H,28,32)/t17-,18-,20-/m0/s1. The number of nitrogens with one attached hydrogen (secondary N) is 2. The summed E-state index contributed by atoms with van der Waals surface area (Å²) >= 11 is 0. The fraction of sp³-hybridized carbons (Fsp3) is 0.375. The molecule has 34 heavy (non-hydrogen) atoms. The zero-order valence-corrected chi connectivity index (χ0v) is 18.5. The average molecular weight is 471 g/mol. The summed E-state index contributed by atoms with van der Waals surface area (Å²) in [6, 6.07) is 11.3. The summed E-state index contributed by atoms with van der Waals surface area (Å²) in [5, 5.41) is 5.28. The van der Waals surface area contributed by atoms with Crippen molar-refractivity contribution >= 4 is 17.9 Å². The summed E-state index contributed by atoms with van der Waals surface area (Å²) in [5.41, 5.74) is 6.99. The van der Waals surface area contributed by atoms with Gasteiger partial charge < -0.3 is 30.7 Å². The number of hydrogen-bond donors (Lipinski definition) is 3. The molecule has 0 spiro atoms. The van der Waals surface area contributed by atoms with Crippen LogP contribution < -0.4 is 21.1 Å². The van der Waals surface area contributed by atoms with Crippen molar-refractivity contribution < 1.29 is 28.2 Å². The molecule has 1 saturated heterocycles. The molecule has 2 aliphatic rings. The normalized spacial score (nSPS) is 22.9. The lowest BCUT2D eigenvalue weighted by Gasteiger charge is -2.30. The van der Waals surface area contributed by atoms with E-state index in [-0.39, 0.29) is 55.5 Å². The second-order valence-corrected chi connectivity index (χ2v) is 8.39. The van der Waals surface area contributed by atoms with Gasteiger partial charge in [-0.2, -0.15) is 0 Å². The van der Waals surface area contributed by atoms with Crippen molar-refractivity contribution in [1.29, 1.82) is 0 Å². The minimum Gasteiger partial charge on any atom is -0.491 e. The predicted molar refractivity (Wildman–Crippen MR) is 120 cm³/mol. The van der Waals surface area contributed by atoms with Crippen molar-refractivity contribution in [3.05, 3.63) is 65.5 Å². The van der Waals surface area contributed by atoms with Gasteiger partial charge in [0, 0.05) is 19.1 Å². The highest BCUT2D eigenvalue weighted by Crippen LogP contribution is 2.24. The van der Waals surface area contributed by atoms with Gasteiger partial charge in [0.1, 0.15) is 30.8 Å². The van der Waals surface area contributed by atoms with Gasteiger partial charge in [0.05, 0.1) is 11.6 Å². The molecule has 0 saturated carbocycles. The summed E-state index contributed by atoms with van der Waals surface area (Å²) in [6.45, 7) is 0.510. The molecule has 3 amide bonds. The Morgan fingerprint density at radius 3 is 2.82 bits per heavy atom. The number of amides is 3. The number of ether oxygens (including phenoxy) is 2. The van der Waals surface area contributed by atoms with Crippen LogP contribution in [0.1, 0.15) is 28.8 Å². The van der Waals surface area contributed by atoms with Gasteiger partial charge in [-0.25, -0.2) is 9.18 Å². The van der Waals surface area contributed by atoms with Crippen molar-refractivity contribution in [1.82, 2.24) is 15.5 Å². The van der Waals surface area contributed by atoms with Crippen LogP contribution in [0.25, 0.3) is 0 Å². The summed E-state index contributed by atoms with van der Waals surface area (Å²) in [4.78, 5) is 40.0. The second kappa shape index (κ2) is 10.5. The molecule has 4 rings (SSSR count). The second-order valence-electron chi connectivity index (χ2n) is 8.39. The Bertz CT molecular complexity index is 1050. The third-order valence-electron chi connectivity index (χ3n) is 5.87. The van der Waals surface area contributed by atoms with E-state index in [0.717, 1.165) is 11.6 Å². The van der Waals surface area contributed by atoms with Crippen molar-refractivity contribution in [2.24, 2.45) is 5.73 Å². The number of benzene rings is 2. The van der Waals surface area contributed by atoms with Crippen molar-refractivity contribution in [3.8, 4) is 5.75 Å².